The van der Waals surface area contributed by atoms with Gasteiger partial charge in [-0.2, -0.15) is 0 Å². The lowest BCUT2D eigenvalue weighted by Crippen LogP contribution is -1.87. The smallest absolute Gasteiger partial charge is 0.00266 e. The Morgan fingerprint density at radius 3 is 2.23 bits per heavy atom. The second-order valence-corrected chi connectivity index (χ2v) is 5.49. The van der Waals surface area contributed by atoms with Gasteiger partial charge in [0.15, 0.2) is 0 Å². The van der Waals surface area contributed by atoms with E-state index in [-0.39, 0.29) is 0 Å². The zero-order chi connectivity index (χ0) is 14.9. The van der Waals surface area contributed by atoms with Crippen molar-refractivity contribution in [1.29, 1.82) is 0 Å². The monoisotopic (exact) mass is 280 g/mol. The van der Waals surface area contributed by atoms with Crippen LogP contribution in [0.4, 0.5) is 0 Å². The Balaban J connectivity index is 2.20. The van der Waals surface area contributed by atoms with E-state index >= 15 is 0 Å². The summed E-state index contributed by atoms with van der Waals surface area (Å²) in [6.07, 6.45) is 1.98. The fourth-order valence-corrected chi connectivity index (χ4v) is 3.23. The highest BCUT2D eigenvalue weighted by Crippen LogP contribution is 2.36. The zero-order valence-corrected chi connectivity index (χ0v) is 12.3. The van der Waals surface area contributed by atoms with E-state index < -0.39 is 0 Å². The molecular weight excluding hydrogens is 264 g/mol. The van der Waals surface area contributed by atoms with Crippen molar-refractivity contribution in [3.05, 3.63) is 91.0 Å². The van der Waals surface area contributed by atoms with Crippen molar-refractivity contribution in [2.75, 3.05) is 0 Å². The number of fused-ring (bicyclic) bond motifs is 2. The van der Waals surface area contributed by atoms with E-state index in [0.29, 0.717) is 0 Å². The average Bonchev–Trinajstić information content (AvgIpc) is 2.60. The molecule has 0 heteroatoms. The maximum atomic E-state index is 4.07. The van der Waals surface area contributed by atoms with Crippen molar-refractivity contribution < 1.29 is 0 Å². The molecule has 0 radical (unpaired) electrons. The second kappa shape index (κ2) is 5.16. The van der Waals surface area contributed by atoms with E-state index in [0.717, 1.165) is 0 Å². The molecule has 0 aliphatic carbocycles. The third-order valence-electron chi connectivity index (χ3n) is 4.22. The normalized spacial score (nSPS) is 10.9. The molecule has 0 aromatic heterocycles. The van der Waals surface area contributed by atoms with Crippen LogP contribution < -0.4 is 0 Å². The van der Waals surface area contributed by atoms with Crippen molar-refractivity contribution in [3.8, 4) is 11.1 Å². The lowest BCUT2D eigenvalue weighted by Gasteiger charge is -2.13. The minimum atomic E-state index is 1.22. The first kappa shape index (κ1) is 12.8. The van der Waals surface area contributed by atoms with Gasteiger partial charge in [0.2, 0.25) is 0 Å². The lowest BCUT2D eigenvalue weighted by atomic mass is 9.91. The maximum absolute atomic E-state index is 4.07. The summed E-state index contributed by atoms with van der Waals surface area (Å²) in [7, 11) is 0. The molecule has 0 unspecified atom stereocenters. The van der Waals surface area contributed by atoms with Crippen LogP contribution in [0.1, 0.15) is 5.56 Å². The largest absolute Gasteiger partial charge is 0.0984 e. The van der Waals surface area contributed by atoms with E-state index in [9.17, 15) is 0 Å². The van der Waals surface area contributed by atoms with Crippen LogP contribution in [0.25, 0.3) is 38.7 Å². The van der Waals surface area contributed by atoms with E-state index in [1.54, 1.807) is 0 Å². The van der Waals surface area contributed by atoms with Crippen LogP contribution in [0.15, 0.2) is 85.4 Å². The Morgan fingerprint density at radius 2 is 1.41 bits per heavy atom. The molecule has 22 heavy (non-hydrogen) atoms. The Labute approximate surface area is 130 Å². The van der Waals surface area contributed by atoms with Gasteiger partial charge in [0.1, 0.15) is 0 Å². The molecule has 0 atom stereocenters. The first-order chi connectivity index (χ1) is 10.9. The summed E-state index contributed by atoms with van der Waals surface area (Å²) >= 11 is 0. The molecule has 0 aliphatic rings. The minimum absolute atomic E-state index is 1.22. The van der Waals surface area contributed by atoms with Crippen LogP contribution in [0, 0.1) is 0 Å². The standard InChI is InChI=1S/C22H16/c1-2-19-20-13-7-6-11-17(20)15-18-12-8-14-21(22(18)19)16-9-4-3-5-10-16/h2-15H,1H2. The van der Waals surface area contributed by atoms with Gasteiger partial charge in [-0.25, -0.2) is 0 Å². The first-order valence-electron chi connectivity index (χ1n) is 7.51. The van der Waals surface area contributed by atoms with Crippen LogP contribution in [0.2, 0.25) is 0 Å². The van der Waals surface area contributed by atoms with Crippen LogP contribution in [0.3, 0.4) is 0 Å². The summed E-state index contributed by atoms with van der Waals surface area (Å²) in [5.41, 5.74) is 3.72. The predicted molar refractivity (Wildman–Crippen MR) is 97.0 cm³/mol. The molecule has 4 aromatic rings. The molecule has 0 heterocycles. The van der Waals surface area contributed by atoms with Gasteiger partial charge in [-0.05, 0) is 44.3 Å². The van der Waals surface area contributed by atoms with Crippen LogP contribution in [-0.4, -0.2) is 0 Å². The van der Waals surface area contributed by atoms with E-state index in [4.69, 9.17) is 0 Å². The third kappa shape index (κ3) is 1.93. The highest BCUT2D eigenvalue weighted by molar-refractivity contribution is 6.11. The Bertz CT molecular complexity index is 979. The van der Waals surface area contributed by atoms with Crippen LogP contribution in [-0.2, 0) is 0 Å². The van der Waals surface area contributed by atoms with Gasteiger partial charge in [0, 0.05) is 0 Å². The lowest BCUT2D eigenvalue weighted by molar-refractivity contribution is 1.65. The van der Waals surface area contributed by atoms with E-state index in [1.165, 1.54) is 38.2 Å². The van der Waals surface area contributed by atoms with Crippen molar-refractivity contribution >= 4 is 27.6 Å². The summed E-state index contributed by atoms with van der Waals surface area (Å²) < 4.78 is 0. The van der Waals surface area contributed by atoms with E-state index in [1.807, 2.05) is 6.08 Å². The Kier molecular flexibility index (Phi) is 3.01. The maximum Gasteiger partial charge on any atom is -0.00266 e. The van der Waals surface area contributed by atoms with Gasteiger partial charge in [-0.1, -0.05) is 85.5 Å². The van der Waals surface area contributed by atoms with Gasteiger partial charge in [0.25, 0.3) is 0 Å². The molecule has 104 valence electrons. The number of hydrogen-bond acceptors (Lipinski definition) is 0. The molecule has 0 spiro atoms. The Hall–Kier alpha value is -2.86. The number of hydrogen-bond donors (Lipinski definition) is 0. The van der Waals surface area contributed by atoms with Crippen molar-refractivity contribution in [3.63, 3.8) is 0 Å². The molecule has 0 nitrogen and oxygen atoms in total. The van der Waals surface area contributed by atoms with Gasteiger partial charge in [-0.15, -0.1) is 0 Å². The quantitative estimate of drug-likeness (QED) is 0.378. The van der Waals surface area contributed by atoms with Gasteiger partial charge < -0.3 is 0 Å². The summed E-state index contributed by atoms with van der Waals surface area (Å²) in [5.74, 6) is 0. The van der Waals surface area contributed by atoms with Crippen molar-refractivity contribution in [2.45, 2.75) is 0 Å². The topological polar surface area (TPSA) is 0 Å². The molecular formula is C22H16. The van der Waals surface area contributed by atoms with Gasteiger partial charge >= 0.3 is 0 Å². The molecule has 0 saturated heterocycles. The predicted octanol–water partition coefficient (Wildman–Crippen LogP) is 6.30. The van der Waals surface area contributed by atoms with Gasteiger partial charge in [0.05, 0.1) is 0 Å². The zero-order valence-electron chi connectivity index (χ0n) is 12.3. The highest BCUT2D eigenvalue weighted by Gasteiger charge is 2.10. The third-order valence-corrected chi connectivity index (χ3v) is 4.22. The molecule has 0 fully saturated rings. The summed E-state index contributed by atoms with van der Waals surface area (Å²) in [6, 6.07) is 27.8. The van der Waals surface area contributed by atoms with E-state index in [2.05, 4.69) is 85.4 Å². The SMILES string of the molecule is C=Cc1c2ccccc2cc2cccc(-c3ccccc3)c12. The van der Waals surface area contributed by atoms with Crippen LogP contribution in [0.5, 0.6) is 0 Å². The molecule has 0 saturated carbocycles. The summed E-state index contributed by atoms with van der Waals surface area (Å²) in [4.78, 5) is 0. The molecule has 0 aliphatic heterocycles. The summed E-state index contributed by atoms with van der Waals surface area (Å²) in [5, 5.41) is 5.06. The first-order valence-corrected chi connectivity index (χ1v) is 7.51. The van der Waals surface area contributed by atoms with Crippen molar-refractivity contribution in [2.24, 2.45) is 0 Å². The molecule has 4 rings (SSSR count). The van der Waals surface area contributed by atoms with Crippen molar-refractivity contribution in [1.82, 2.24) is 0 Å². The second-order valence-electron chi connectivity index (χ2n) is 5.49. The minimum Gasteiger partial charge on any atom is -0.0984 e. The molecule has 4 aromatic carbocycles. The fraction of sp³-hybridized carbons (Fsp3) is 0. The number of benzene rings is 4. The molecule has 0 bridgehead atoms. The van der Waals surface area contributed by atoms with Crippen LogP contribution >= 0.6 is 0 Å². The molecule has 0 N–H and O–H groups in total. The highest BCUT2D eigenvalue weighted by atomic mass is 14.1. The fourth-order valence-electron chi connectivity index (χ4n) is 3.23. The molecule has 0 amide bonds. The number of rotatable bonds is 2. The van der Waals surface area contributed by atoms with Gasteiger partial charge in [-0.3, -0.25) is 0 Å². The summed E-state index contributed by atoms with van der Waals surface area (Å²) in [6.45, 7) is 4.07. The average molecular weight is 280 g/mol. The Morgan fingerprint density at radius 1 is 0.682 bits per heavy atom.